The van der Waals surface area contributed by atoms with Crippen molar-refractivity contribution in [3.05, 3.63) is 94.6 Å². The molecule has 0 fully saturated rings. The van der Waals surface area contributed by atoms with Gasteiger partial charge >= 0.3 is 0 Å². The minimum atomic E-state index is -0.439. The molecule has 0 aliphatic heterocycles. The number of para-hydroxylation sites is 1. The Labute approximate surface area is 177 Å². The van der Waals surface area contributed by atoms with Crippen LogP contribution in [0.4, 0.5) is 0 Å². The van der Waals surface area contributed by atoms with Gasteiger partial charge in [0.15, 0.2) is 0 Å². The molecule has 30 heavy (non-hydrogen) atoms. The first-order valence-electron chi connectivity index (χ1n) is 9.10. The van der Waals surface area contributed by atoms with E-state index in [0.29, 0.717) is 34.0 Å². The van der Waals surface area contributed by atoms with Crippen molar-refractivity contribution in [2.24, 2.45) is 0 Å². The predicted octanol–water partition coefficient (Wildman–Crippen LogP) is 3.87. The maximum atomic E-state index is 12.4. The van der Waals surface area contributed by atoms with Gasteiger partial charge in [-0.2, -0.15) is 5.10 Å². The number of fused-ring (bicyclic) bond motifs is 1. The number of benzene rings is 3. The smallest absolute Gasteiger partial charge is 0.271 e. The monoisotopic (exact) mass is 420 g/mol. The van der Waals surface area contributed by atoms with Gasteiger partial charge in [0.2, 0.25) is 0 Å². The maximum absolute atomic E-state index is 12.4. The second-order valence-electron chi connectivity index (χ2n) is 6.49. The van der Waals surface area contributed by atoms with Gasteiger partial charge in [0.25, 0.3) is 11.8 Å². The van der Waals surface area contributed by atoms with Crippen LogP contribution in [0.15, 0.2) is 72.9 Å². The number of H-pyrrole nitrogens is 1. The molecule has 0 saturated heterocycles. The van der Waals surface area contributed by atoms with Gasteiger partial charge in [-0.1, -0.05) is 35.9 Å². The third-order valence-corrected chi connectivity index (χ3v) is 4.70. The van der Waals surface area contributed by atoms with Gasteiger partial charge in [-0.25, -0.2) is 0 Å². The Morgan fingerprint density at radius 2 is 1.67 bits per heavy atom. The molecule has 0 spiro atoms. The SMILES string of the molecule is O=C(NNC(=O)c1cccc2cn[nH]c12)c1ccc(COc2ccc(Cl)cc2)cc1. The third kappa shape index (κ3) is 4.42. The van der Waals surface area contributed by atoms with Crippen molar-refractivity contribution >= 4 is 34.3 Å². The Bertz CT molecular complexity index is 1190. The van der Waals surface area contributed by atoms with Crippen LogP contribution in [0.3, 0.4) is 0 Å². The lowest BCUT2D eigenvalue weighted by atomic mass is 10.1. The van der Waals surface area contributed by atoms with Gasteiger partial charge in [-0.15, -0.1) is 0 Å². The molecule has 1 heterocycles. The summed E-state index contributed by atoms with van der Waals surface area (Å²) < 4.78 is 5.68. The number of aromatic amines is 1. The van der Waals surface area contributed by atoms with Crippen molar-refractivity contribution < 1.29 is 14.3 Å². The lowest BCUT2D eigenvalue weighted by Crippen LogP contribution is -2.41. The maximum Gasteiger partial charge on any atom is 0.271 e. The second kappa shape index (κ2) is 8.67. The number of hydrazine groups is 1. The molecule has 4 rings (SSSR count). The summed E-state index contributed by atoms with van der Waals surface area (Å²) in [5, 5.41) is 8.16. The minimum Gasteiger partial charge on any atom is -0.489 e. The van der Waals surface area contributed by atoms with E-state index in [2.05, 4.69) is 21.0 Å². The van der Waals surface area contributed by atoms with E-state index in [1.165, 1.54) is 0 Å². The Hall–Kier alpha value is -3.84. The Balaban J connectivity index is 1.33. The predicted molar refractivity (Wildman–Crippen MR) is 113 cm³/mol. The number of rotatable bonds is 5. The molecule has 0 atom stereocenters. The molecule has 4 aromatic rings. The first kappa shape index (κ1) is 19.5. The lowest BCUT2D eigenvalue weighted by Gasteiger charge is -2.09. The number of hydrogen-bond acceptors (Lipinski definition) is 4. The van der Waals surface area contributed by atoms with Crippen molar-refractivity contribution in [2.75, 3.05) is 0 Å². The highest BCUT2D eigenvalue weighted by molar-refractivity contribution is 6.30. The molecular weight excluding hydrogens is 404 g/mol. The number of ether oxygens (including phenoxy) is 1. The van der Waals surface area contributed by atoms with E-state index in [4.69, 9.17) is 16.3 Å². The zero-order valence-corrected chi connectivity index (χ0v) is 16.4. The summed E-state index contributed by atoms with van der Waals surface area (Å²) in [5.41, 5.74) is 7.15. The summed E-state index contributed by atoms with van der Waals surface area (Å²) in [5.74, 6) is -0.160. The van der Waals surface area contributed by atoms with Gasteiger partial charge in [0, 0.05) is 16.0 Å². The Morgan fingerprint density at radius 3 is 2.43 bits per heavy atom. The number of carbonyl (C=O) groups is 2. The molecule has 2 amide bonds. The van der Waals surface area contributed by atoms with E-state index in [9.17, 15) is 9.59 Å². The molecule has 0 unspecified atom stereocenters. The summed E-state index contributed by atoms with van der Waals surface area (Å²) in [4.78, 5) is 24.7. The van der Waals surface area contributed by atoms with E-state index in [-0.39, 0.29) is 0 Å². The average Bonchev–Trinajstić information content (AvgIpc) is 3.26. The number of amides is 2. The molecule has 0 bridgehead atoms. The van der Waals surface area contributed by atoms with E-state index >= 15 is 0 Å². The highest BCUT2D eigenvalue weighted by Crippen LogP contribution is 2.17. The van der Waals surface area contributed by atoms with E-state index in [1.54, 1.807) is 66.9 Å². The fraction of sp³-hybridized carbons (Fsp3) is 0.0455. The standard InChI is InChI=1S/C22H17ClN4O3/c23-17-8-10-18(11-9-17)30-13-14-4-6-15(7-5-14)21(28)26-27-22(29)19-3-1-2-16-12-24-25-20(16)19/h1-12H,13H2,(H,24,25)(H,26,28)(H,27,29). The van der Waals surface area contributed by atoms with Crippen LogP contribution in [0.5, 0.6) is 5.75 Å². The van der Waals surface area contributed by atoms with Crippen LogP contribution in [0.2, 0.25) is 5.02 Å². The summed E-state index contributed by atoms with van der Waals surface area (Å²) in [6.45, 7) is 0.356. The first-order chi connectivity index (χ1) is 14.6. The fourth-order valence-corrected chi connectivity index (χ4v) is 2.99. The Morgan fingerprint density at radius 1 is 0.933 bits per heavy atom. The van der Waals surface area contributed by atoms with Crippen molar-refractivity contribution in [3.8, 4) is 5.75 Å². The van der Waals surface area contributed by atoms with Crippen LogP contribution in [0, 0.1) is 0 Å². The molecule has 0 saturated carbocycles. The van der Waals surface area contributed by atoms with Gasteiger partial charge in [-0.3, -0.25) is 25.5 Å². The molecule has 150 valence electrons. The van der Waals surface area contributed by atoms with Crippen molar-refractivity contribution in [3.63, 3.8) is 0 Å². The molecule has 7 nitrogen and oxygen atoms in total. The van der Waals surface area contributed by atoms with E-state index < -0.39 is 11.8 Å². The molecule has 0 radical (unpaired) electrons. The van der Waals surface area contributed by atoms with Crippen molar-refractivity contribution in [2.45, 2.75) is 6.61 Å². The molecule has 3 aromatic carbocycles. The largest absolute Gasteiger partial charge is 0.489 e. The van der Waals surface area contributed by atoms with Crippen LogP contribution >= 0.6 is 11.6 Å². The minimum absolute atomic E-state index is 0.356. The van der Waals surface area contributed by atoms with E-state index in [0.717, 1.165) is 10.9 Å². The van der Waals surface area contributed by atoms with Crippen molar-refractivity contribution in [1.29, 1.82) is 0 Å². The summed E-state index contributed by atoms with van der Waals surface area (Å²) in [6, 6.07) is 19.2. The zero-order valence-electron chi connectivity index (χ0n) is 15.7. The number of halogens is 1. The number of aromatic nitrogens is 2. The highest BCUT2D eigenvalue weighted by atomic mass is 35.5. The normalized spacial score (nSPS) is 10.6. The summed E-state index contributed by atoms with van der Waals surface area (Å²) >= 11 is 5.85. The van der Waals surface area contributed by atoms with Crippen LogP contribution in [0.25, 0.3) is 10.9 Å². The molecule has 0 aliphatic carbocycles. The fourth-order valence-electron chi connectivity index (χ4n) is 2.86. The summed E-state index contributed by atoms with van der Waals surface area (Å²) in [7, 11) is 0. The average molecular weight is 421 g/mol. The topological polar surface area (TPSA) is 96.1 Å². The van der Waals surface area contributed by atoms with Crippen LogP contribution in [-0.4, -0.2) is 22.0 Å². The van der Waals surface area contributed by atoms with Crippen LogP contribution in [-0.2, 0) is 6.61 Å². The Kier molecular flexibility index (Phi) is 5.63. The number of nitrogens with zero attached hydrogens (tertiary/aromatic N) is 1. The van der Waals surface area contributed by atoms with E-state index in [1.807, 2.05) is 6.07 Å². The van der Waals surface area contributed by atoms with Gasteiger partial charge in [0.05, 0.1) is 17.3 Å². The van der Waals surface area contributed by atoms with Gasteiger partial charge in [0.1, 0.15) is 12.4 Å². The lowest BCUT2D eigenvalue weighted by molar-refractivity contribution is 0.0847. The van der Waals surface area contributed by atoms with Gasteiger partial charge < -0.3 is 4.74 Å². The second-order valence-corrected chi connectivity index (χ2v) is 6.92. The molecular formula is C22H17ClN4O3. The molecule has 3 N–H and O–H groups in total. The molecule has 0 aliphatic rings. The zero-order chi connectivity index (χ0) is 20.9. The first-order valence-corrected chi connectivity index (χ1v) is 9.48. The third-order valence-electron chi connectivity index (χ3n) is 4.45. The van der Waals surface area contributed by atoms with Crippen LogP contribution < -0.4 is 15.6 Å². The van der Waals surface area contributed by atoms with Crippen LogP contribution in [0.1, 0.15) is 26.3 Å². The highest BCUT2D eigenvalue weighted by Gasteiger charge is 2.13. The number of hydrogen-bond donors (Lipinski definition) is 3. The quantitative estimate of drug-likeness (QED) is 0.427. The summed E-state index contributed by atoms with van der Waals surface area (Å²) in [6.07, 6.45) is 1.63. The molecule has 8 heteroatoms. The molecule has 1 aromatic heterocycles. The van der Waals surface area contributed by atoms with Gasteiger partial charge in [-0.05, 0) is 48.0 Å². The van der Waals surface area contributed by atoms with Crippen molar-refractivity contribution in [1.82, 2.24) is 21.0 Å². The number of carbonyl (C=O) groups excluding carboxylic acids is 2. The number of nitrogens with one attached hydrogen (secondary N) is 3.